The highest BCUT2D eigenvalue weighted by atomic mass is 35.5. The SMILES string of the molecule is CCOC(=O)N1CCC(C2c3ncccc3CCc3cc(Cl)c4[nH]c([Si](C)(C)C)c(C)c4c32)CC1. The van der Waals surface area contributed by atoms with Gasteiger partial charge in [-0.2, -0.15) is 0 Å². The van der Waals surface area contributed by atoms with Crippen molar-refractivity contribution in [2.24, 2.45) is 5.92 Å². The quantitative estimate of drug-likeness (QED) is 0.429. The van der Waals surface area contributed by atoms with Gasteiger partial charge < -0.3 is 14.6 Å². The van der Waals surface area contributed by atoms with Crippen LogP contribution in [0, 0.1) is 12.8 Å². The van der Waals surface area contributed by atoms with E-state index < -0.39 is 8.07 Å². The third-order valence-corrected chi connectivity index (χ3v) is 10.2. The van der Waals surface area contributed by atoms with Gasteiger partial charge in [0.25, 0.3) is 0 Å². The van der Waals surface area contributed by atoms with Gasteiger partial charge in [-0.05, 0) is 79.8 Å². The predicted octanol–water partition coefficient (Wildman–Crippen LogP) is 6.17. The number of carbonyl (C=O) groups excluding carboxylic acids is 1. The van der Waals surface area contributed by atoms with E-state index in [-0.39, 0.29) is 12.0 Å². The Balaban J connectivity index is 1.67. The Morgan fingerprint density at radius 1 is 1.23 bits per heavy atom. The summed E-state index contributed by atoms with van der Waals surface area (Å²) in [7, 11) is -1.59. The van der Waals surface area contributed by atoms with Crippen molar-refractivity contribution in [2.45, 2.75) is 65.1 Å². The number of nitrogens with one attached hydrogen (secondary N) is 1. The van der Waals surface area contributed by atoms with Gasteiger partial charge in [-0.25, -0.2) is 4.79 Å². The number of carbonyl (C=O) groups is 1. The Morgan fingerprint density at radius 3 is 2.63 bits per heavy atom. The molecule has 7 heteroatoms. The lowest BCUT2D eigenvalue weighted by Crippen LogP contribution is -2.40. The molecule has 5 nitrogen and oxygen atoms in total. The molecule has 186 valence electrons. The lowest BCUT2D eigenvalue weighted by Gasteiger charge is -2.36. The van der Waals surface area contributed by atoms with Crippen LogP contribution in [0.25, 0.3) is 10.9 Å². The molecule has 2 aromatic heterocycles. The van der Waals surface area contributed by atoms with E-state index in [1.54, 1.807) is 0 Å². The summed E-state index contributed by atoms with van der Waals surface area (Å²) in [5.74, 6) is 0.594. The Kier molecular flexibility index (Phi) is 6.47. The molecule has 2 aliphatic rings. The van der Waals surface area contributed by atoms with Crippen molar-refractivity contribution >= 4 is 42.0 Å². The summed E-state index contributed by atoms with van der Waals surface area (Å²) in [6, 6.07) is 6.50. The molecule has 1 unspecified atom stereocenters. The number of nitrogens with zero attached hydrogens (tertiary/aromatic N) is 2. The number of ether oxygens (including phenoxy) is 1. The zero-order chi connectivity index (χ0) is 24.9. The van der Waals surface area contributed by atoms with Crippen LogP contribution < -0.4 is 5.32 Å². The maximum atomic E-state index is 12.4. The molecular weight excluding hydrogens is 474 g/mol. The first-order chi connectivity index (χ1) is 16.7. The molecule has 1 saturated heterocycles. The zero-order valence-electron chi connectivity index (χ0n) is 21.5. The van der Waals surface area contributed by atoms with Crippen LogP contribution in [0.1, 0.15) is 53.6 Å². The second-order valence-corrected chi connectivity index (χ2v) is 16.5. The van der Waals surface area contributed by atoms with Crippen LogP contribution in [-0.2, 0) is 17.6 Å². The molecule has 35 heavy (non-hydrogen) atoms. The number of aromatic nitrogens is 2. The first-order valence-corrected chi connectivity index (χ1v) is 16.8. The largest absolute Gasteiger partial charge is 0.450 e. The lowest BCUT2D eigenvalue weighted by atomic mass is 9.75. The van der Waals surface area contributed by atoms with E-state index in [0.29, 0.717) is 12.5 Å². The minimum Gasteiger partial charge on any atom is -0.450 e. The number of H-pyrrole nitrogens is 1. The molecule has 0 bridgehead atoms. The fourth-order valence-corrected chi connectivity index (χ4v) is 8.35. The molecule has 0 saturated carbocycles. The first-order valence-electron chi connectivity index (χ1n) is 12.9. The molecule has 0 spiro atoms. The highest BCUT2D eigenvalue weighted by Crippen LogP contribution is 2.47. The van der Waals surface area contributed by atoms with E-state index in [4.69, 9.17) is 21.3 Å². The van der Waals surface area contributed by atoms with E-state index in [9.17, 15) is 4.79 Å². The smallest absolute Gasteiger partial charge is 0.409 e. The third kappa shape index (κ3) is 4.29. The normalized spacial score (nSPS) is 18.8. The average Bonchev–Trinajstić information content (AvgIpc) is 3.10. The van der Waals surface area contributed by atoms with Crippen molar-refractivity contribution in [3.63, 3.8) is 0 Å². The number of benzene rings is 1. The number of rotatable bonds is 3. The topological polar surface area (TPSA) is 58.2 Å². The monoisotopic (exact) mass is 509 g/mol. The molecule has 1 aliphatic carbocycles. The number of piperidine rings is 1. The fourth-order valence-electron chi connectivity index (χ4n) is 6.32. The van der Waals surface area contributed by atoms with Crippen LogP contribution in [0.15, 0.2) is 24.4 Å². The van der Waals surface area contributed by atoms with E-state index in [1.165, 1.54) is 38.7 Å². The van der Waals surface area contributed by atoms with E-state index in [2.05, 4.69) is 49.7 Å². The molecule has 1 fully saturated rings. The maximum Gasteiger partial charge on any atom is 0.409 e. The average molecular weight is 510 g/mol. The van der Waals surface area contributed by atoms with Gasteiger partial charge in [0, 0.05) is 35.9 Å². The molecule has 5 rings (SSSR count). The van der Waals surface area contributed by atoms with E-state index >= 15 is 0 Å². The molecule has 1 aliphatic heterocycles. The molecule has 1 atom stereocenters. The minimum absolute atomic E-state index is 0.191. The van der Waals surface area contributed by atoms with Crippen LogP contribution in [0.5, 0.6) is 0 Å². The van der Waals surface area contributed by atoms with Crippen LogP contribution in [0.3, 0.4) is 0 Å². The van der Waals surface area contributed by atoms with Crippen molar-refractivity contribution in [3.8, 4) is 0 Å². The lowest BCUT2D eigenvalue weighted by molar-refractivity contribution is 0.0900. The van der Waals surface area contributed by atoms with Gasteiger partial charge in [-0.15, -0.1) is 0 Å². The van der Waals surface area contributed by atoms with E-state index in [1.807, 2.05) is 18.0 Å². The van der Waals surface area contributed by atoms with E-state index in [0.717, 1.165) is 49.3 Å². The Morgan fingerprint density at radius 2 is 1.94 bits per heavy atom. The summed E-state index contributed by atoms with van der Waals surface area (Å²) in [5.41, 5.74) is 7.74. The molecule has 1 N–H and O–H groups in total. The van der Waals surface area contributed by atoms with Crippen molar-refractivity contribution in [1.82, 2.24) is 14.9 Å². The van der Waals surface area contributed by atoms with Crippen LogP contribution in [0.4, 0.5) is 4.79 Å². The summed E-state index contributed by atoms with van der Waals surface area (Å²) in [4.78, 5) is 23.0. The van der Waals surface area contributed by atoms with Gasteiger partial charge in [0.15, 0.2) is 0 Å². The third-order valence-electron chi connectivity index (χ3n) is 7.89. The summed E-state index contributed by atoms with van der Waals surface area (Å²) in [6.07, 6.45) is 5.56. The second-order valence-electron chi connectivity index (χ2n) is 11.1. The molecule has 1 aromatic carbocycles. The summed E-state index contributed by atoms with van der Waals surface area (Å²) >= 11 is 6.92. The number of fused-ring (bicyclic) bond motifs is 4. The van der Waals surface area contributed by atoms with Crippen molar-refractivity contribution in [1.29, 1.82) is 0 Å². The summed E-state index contributed by atoms with van der Waals surface area (Å²) < 4.78 is 5.28. The molecule has 1 amide bonds. The number of hydrogen-bond acceptors (Lipinski definition) is 3. The van der Waals surface area contributed by atoms with Gasteiger partial charge >= 0.3 is 6.09 Å². The number of likely N-dealkylation sites (tertiary alicyclic amines) is 1. The Bertz CT molecular complexity index is 1270. The van der Waals surface area contributed by atoms with Crippen LogP contribution in [-0.4, -0.2) is 48.7 Å². The molecular formula is C28H36ClN3O2Si. The highest BCUT2D eigenvalue weighted by Gasteiger charge is 2.38. The highest BCUT2D eigenvalue weighted by molar-refractivity contribution is 6.88. The first kappa shape index (κ1) is 24.4. The van der Waals surface area contributed by atoms with Crippen LogP contribution >= 0.6 is 11.6 Å². The van der Waals surface area contributed by atoms with Gasteiger partial charge in [0.1, 0.15) is 0 Å². The Hall–Kier alpha value is -2.31. The zero-order valence-corrected chi connectivity index (χ0v) is 23.3. The van der Waals surface area contributed by atoms with Gasteiger partial charge in [-0.3, -0.25) is 4.98 Å². The maximum absolute atomic E-state index is 12.4. The fraction of sp³-hybridized carbons (Fsp3) is 0.500. The minimum atomic E-state index is -1.59. The number of hydrogen-bond donors (Lipinski definition) is 1. The van der Waals surface area contributed by atoms with Crippen molar-refractivity contribution in [2.75, 3.05) is 19.7 Å². The molecule has 3 heterocycles. The standard InChI is InChI=1S/C28H36ClN3O2Si/c1-6-34-28(33)32-14-11-18(12-15-32)24-23-20(10-9-19-8-7-13-30-25(19)24)16-21(29)26-22(23)17(2)27(31-26)35(3,4)5/h7-8,13,16,18,24,31H,6,9-12,14-15H2,1-5H3. The van der Waals surface area contributed by atoms with Gasteiger partial charge in [-0.1, -0.05) is 37.3 Å². The van der Waals surface area contributed by atoms with Crippen LogP contribution in [0.2, 0.25) is 24.7 Å². The van der Waals surface area contributed by atoms with Gasteiger partial charge in [0.05, 0.1) is 30.9 Å². The summed E-state index contributed by atoms with van der Waals surface area (Å²) in [6.45, 7) is 13.1. The van der Waals surface area contributed by atoms with Gasteiger partial charge in [0.2, 0.25) is 0 Å². The predicted molar refractivity (Wildman–Crippen MR) is 146 cm³/mol. The van der Waals surface area contributed by atoms with Crippen molar-refractivity contribution in [3.05, 3.63) is 57.4 Å². The number of amides is 1. The van der Waals surface area contributed by atoms with Crippen molar-refractivity contribution < 1.29 is 9.53 Å². The second kappa shape index (κ2) is 9.29. The number of aryl methyl sites for hydroxylation is 3. The number of aromatic amines is 1. The number of halogens is 1. The molecule has 3 aromatic rings. The molecule has 0 radical (unpaired) electrons. The Labute approximate surface area is 214 Å². The summed E-state index contributed by atoms with van der Waals surface area (Å²) in [5, 5.41) is 3.51. The number of pyridine rings is 1.